The van der Waals surface area contributed by atoms with Crippen molar-refractivity contribution in [3.63, 3.8) is 0 Å². The molecule has 13 heavy (non-hydrogen) atoms. The van der Waals surface area contributed by atoms with Crippen LogP contribution >= 0.6 is 0 Å². The van der Waals surface area contributed by atoms with E-state index >= 15 is 0 Å². The zero-order valence-electron chi connectivity index (χ0n) is 8.76. The Balaban J connectivity index is 2.17. The Morgan fingerprint density at radius 3 is 2.54 bits per heavy atom. The highest BCUT2D eigenvalue weighted by Gasteiger charge is 2.24. The Kier molecular flexibility index (Phi) is 3.72. The van der Waals surface area contributed by atoms with Crippen LogP contribution < -0.4 is 10.6 Å². The summed E-state index contributed by atoms with van der Waals surface area (Å²) in [6.07, 6.45) is 3.96. The molecule has 0 aromatic carbocycles. The summed E-state index contributed by atoms with van der Waals surface area (Å²) in [5.41, 5.74) is 0. The second kappa shape index (κ2) is 4.61. The Morgan fingerprint density at radius 2 is 2.08 bits per heavy atom. The summed E-state index contributed by atoms with van der Waals surface area (Å²) in [6, 6.07) is 0.388. The Hall–Kier alpha value is -0.570. The van der Waals surface area contributed by atoms with Crippen LogP contribution in [0, 0.1) is 5.92 Å². The zero-order valence-corrected chi connectivity index (χ0v) is 8.76. The van der Waals surface area contributed by atoms with Gasteiger partial charge in [0.1, 0.15) is 0 Å². The van der Waals surface area contributed by atoms with Gasteiger partial charge >= 0.3 is 0 Å². The number of amides is 1. The van der Waals surface area contributed by atoms with Crippen molar-refractivity contribution in [3.05, 3.63) is 0 Å². The van der Waals surface area contributed by atoms with Crippen molar-refractivity contribution in [2.75, 3.05) is 7.05 Å². The molecule has 0 heterocycles. The molecule has 0 saturated heterocycles. The molecular formula is C10H20N2O. The van der Waals surface area contributed by atoms with Crippen molar-refractivity contribution < 1.29 is 4.79 Å². The van der Waals surface area contributed by atoms with E-state index in [4.69, 9.17) is 0 Å². The average molecular weight is 184 g/mol. The van der Waals surface area contributed by atoms with Crippen LogP contribution in [0.25, 0.3) is 0 Å². The summed E-state index contributed by atoms with van der Waals surface area (Å²) in [6.45, 7) is 4.06. The first-order valence-corrected chi connectivity index (χ1v) is 5.11. The maximum atomic E-state index is 11.2. The SMILES string of the molecule is CNC(=O)C(C)NC(C)CC1CC1. The van der Waals surface area contributed by atoms with Gasteiger partial charge in [0.05, 0.1) is 6.04 Å². The summed E-state index contributed by atoms with van der Waals surface area (Å²) in [5.74, 6) is 0.988. The molecule has 1 amide bonds. The highest BCUT2D eigenvalue weighted by atomic mass is 16.2. The van der Waals surface area contributed by atoms with Crippen molar-refractivity contribution >= 4 is 5.91 Å². The van der Waals surface area contributed by atoms with Crippen LogP contribution in [0.15, 0.2) is 0 Å². The summed E-state index contributed by atoms with van der Waals surface area (Å²) >= 11 is 0. The quantitative estimate of drug-likeness (QED) is 0.666. The lowest BCUT2D eigenvalue weighted by atomic mass is 10.1. The molecule has 2 N–H and O–H groups in total. The Morgan fingerprint density at radius 1 is 1.46 bits per heavy atom. The van der Waals surface area contributed by atoms with Crippen LogP contribution in [0.3, 0.4) is 0 Å². The molecule has 1 aliphatic carbocycles. The molecular weight excluding hydrogens is 164 g/mol. The minimum absolute atomic E-state index is 0.0706. The number of hydrogen-bond donors (Lipinski definition) is 2. The van der Waals surface area contributed by atoms with Gasteiger partial charge in [-0.3, -0.25) is 4.79 Å². The molecule has 1 fully saturated rings. The lowest BCUT2D eigenvalue weighted by Gasteiger charge is -2.18. The van der Waals surface area contributed by atoms with E-state index in [1.165, 1.54) is 19.3 Å². The Labute approximate surface area is 80.3 Å². The molecule has 1 saturated carbocycles. The zero-order chi connectivity index (χ0) is 9.84. The van der Waals surface area contributed by atoms with Gasteiger partial charge in [0.25, 0.3) is 0 Å². The average Bonchev–Trinajstić information content (AvgIpc) is 2.86. The number of rotatable bonds is 5. The smallest absolute Gasteiger partial charge is 0.236 e. The van der Waals surface area contributed by atoms with Crippen LogP contribution in [0.2, 0.25) is 0 Å². The van der Waals surface area contributed by atoms with Gasteiger partial charge in [0.2, 0.25) is 5.91 Å². The van der Waals surface area contributed by atoms with Gasteiger partial charge in [0.15, 0.2) is 0 Å². The first kappa shape index (κ1) is 10.5. The van der Waals surface area contributed by atoms with Gasteiger partial charge < -0.3 is 10.6 Å². The Bertz CT molecular complexity index is 178. The molecule has 1 rings (SSSR count). The van der Waals surface area contributed by atoms with Crippen molar-refractivity contribution in [1.29, 1.82) is 0 Å². The fourth-order valence-electron chi connectivity index (χ4n) is 1.64. The van der Waals surface area contributed by atoms with Crippen molar-refractivity contribution in [2.24, 2.45) is 5.92 Å². The van der Waals surface area contributed by atoms with E-state index in [2.05, 4.69) is 17.6 Å². The minimum Gasteiger partial charge on any atom is -0.358 e. The molecule has 0 aliphatic heterocycles. The largest absolute Gasteiger partial charge is 0.358 e. The van der Waals surface area contributed by atoms with Gasteiger partial charge in [-0.05, 0) is 26.2 Å². The van der Waals surface area contributed by atoms with Crippen molar-refractivity contribution in [1.82, 2.24) is 10.6 Å². The van der Waals surface area contributed by atoms with Gasteiger partial charge in [-0.2, -0.15) is 0 Å². The number of carbonyl (C=O) groups excluding carboxylic acids is 1. The first-order chi connectivity index (χ1) is 6.13. The van der Waals surface area contributed by atoms with Gasteiger partial charge in [-0.15, -0.1) is 0 Å². The van der Waals surface area contributed by atoms with Gasteiger partial charge in [-0.25, -0.2) is 0 Å². The number of nitrogens with one attached hydrogen (secondary N) is 2. The van der Waals surface area contributed by atoms with Crippen LogP contribution in [-0.4, -0.2) is 25.0 Å². The number of carbonyl (C=O) groups is 1. The molecule has 0 spiro atoms. The molecule has 2 atom stereocenters. The standard InChI is InChI=1S/C10H20N2O/c1-7(6-9-4-5-9)12-8(2)10(13)11-3/h7-9,12H,4-6H2,1-3H3,(H,11,13). The van der Waals surface area contributed by atoms with Crippen LogP contribution in [-0.2, 0) is 4.79 Å². The van der Waals surface area contributed by atoms with E-state index in [0.29, 0.717) is 6.04 Å². The normalized spacial score (nSPS) is 20.8. The fraction of sp³-hybridized carbons (Fsp3) is 0.900. The maximum absolute atomic E-state index is 11.2. The van der Waals surface area contributed by atoms with Crippen molar-refractivity contribution in [2.45, 2.75) is 45.2 Å². The van der Waals surface area contributed by atoms with Gasteiger partial charge in [0, 0.05) is 13.1 Å². The molecule has 3 heteroatoms. The molecule has 0 aromatic heterocycles. The second-order valence-electron chi connectivity index (χ2n) is 4.08. The highest BCUT2D eigenvalue weighted by Crippen LogP contribution is 2.33. The minimum atomic E-state index is -0.0706. The van der Waals surface area contributed by atoms with Crippen LogP contribution in [0.1, 0.15) is 33.1 Å². The molecule has 0 aromatic rings. The molecule has 2 unspecified atom stereocenters. The molecule has 0 radical (unpaired) electrons. The molecule has 76 valence electrons. The van der Waals surface area contributed by atoms with E-state index in [9.17, 15) is 4.79 Å². The highest BCUT2D eigenvalue weighted by molar-refractivity contribution is 5.80. The van der Waals surface area contributed by atoms with E-state index in [-0.39, 0.29) is 11.9 Å². The van der Waals surface area contributed by atoms with Crippen LogP contribution in [0.5, 0.6) is 0 Å². The predicted octanol–water partition coefficient (Wildman–Crippen LogP) is 0.899. The summed E-state index contributed by atoms with van der Waals surface area (Å²) in [4.78, 5) is 11.2. The van der Waals surface area contributed by atoms with E-state index in [0.717, 1.165) is 5.92 Å². The second-order valence-corrected chi connectivity index (χ2v) is 4.08. The monoisotopic (exact) mass is 184 g/mol. The summed E-state index contributed by atoms with van der Waals surface area (Å²) < 4.78 is 0. The fourth-order valence-corrected chi connectivity index (χ4v) is 1.64. The molecule has 3 nitrogen and oxygen atoms in total. The number of hydrogen-bond acceptors (Lipinski definition) is 2. The van der Waals surface area contributed by atoms with E-state index in [1.807, 2.05) is 6.92 Å². The molecule has 1 aliphatic rings. The predicted molar refractivity (Wildman–Crippen MR) is 53.5 cm³/mol. The van der Waals surface area contributed by atoms with Gasteiger partial charge in [-0.1, -0.05) is 12.8 Å². The third-order valence-corrected chi connectivity index (χ3v) is 2.56. The number of likely N-dealkylation sites (N-methyl/N-ethyl adjacent to an activating group) is 1. The van der Waals surface area contributed by atoms with Crippen LogP contribution in [0.4, 0.5) is 0 Å². The lowest BCUT2D eigenvalue weighted by Crippen LogP contribution is -2.44. The van der Waals surface area contributed by atoms with Crippen molar-refractivity contribution in [3.8, 4) is 0 Å². The first-order valence-electron chi connectivity index (χ1n) is 5.11. The molecule has 0 bridgehead atoms. The summed E-state index contributed by atoms with van der Waals surface area (Å²) in [5, 5.41) is 5.93. The lowest BCUT2D eigenvalue weighted by molar-refractivity contribution is -0.122. The topological polar surface area (TPSA) is 41.1 Å². The summed E-state index contributed by atoms with van der Waals surface area (Å²) in [7, 11) is 1.67. The maximum Gasteiger partial charge on any atom is 0.236 e. The third kappa shape index (κ3) is 3.77. The van der Waals surface area contributed by atoms with E-state index in [1.54, 1.807) is 7.05 Å². The van der Waals surface area contributed by atoms with E-state index < -0.39 is 0 Å². The third-order valence-electron chi connectivity index (χ3n) is 2.56.